The zero-order valence-electron chi connectivity index (χ0n) is 13.1. The molecule has 1 heterocycles. The number of hydrogen-bond donors (Lipinski definition) is 0. The highest BCUT2D eigenvalue weighted by atomic mass is 35.5. The van der Waals surface area contributed by atoms with Gasteiger partial charge in [0.1, 0.15) is 0 Å². The van der Waals surface area contributed by atoms with Gasteiger partial charge >= 0.3 is 5.97 Å². The molecule has 122 valence electrons. The van der Waals surface area contributed by atoms with Gasteiger partial charge in [-0.2, -0.15) is 0 Å². The van der Waals surface area contributed by atoms with E-state index in [0.717, 1.165) is 5.56 Å². The number of carbonyl (C=O) groups is 3. The van der Waals surface area contributed by atoms with E-state index >= 15 is 0 Å². The summed E-state index contributed by atoms with van der Waals surface area (Å²) in [4.78, 5) is 42.1. The lowest BCUT2D eigenvalue weighted by atomic mass is 9.97. The zero-order chi connectivity index (χ0) is 17.4. The summed E-state index contributed by atoms with van der Waals surface area (Å²) < 4.78 is 0. The maximum atomic E-state index is 12.5. The summed E-state index contributed by atoms with van der Waals surface area (Å²) in [5, 5.41) is 0.867. The van der Waals surface area contributed by atoms with Crippen molar-refractivity contribution in [3.63, 3.8) is 0 Å². The van der Waals surface area contributed by atoms with Crippen LogP contribution >= 0.6 is 11.6 Å². The van der Waals surface area contributed by atoms with Gasteiger partial charge in [-0.3, -0.25) is 9.59 Å². The molecule has 0 bridgehead atoms. The molecule has 0 radical (unpaired) electrons. The quantitative estimate of drug-likeness (QED) is 0.794. The molecule has 0 spiro atoms. The molecular weight excluding hydrogens is 330 g/mol. The lowest BCUT2D eigenvalue weighted by molar-refractivity contribution is -0.0585. The molecule has 1 aliphatic rings. The maximum Gasteiger partial charge on any atom is 0.364 e. The van der Waals surface area contributed by atoms with Crippen LogP contribution in [0.2, 0.25) is 5.02 Å². The van der Waals surface area contributed by atoms with Crippen molar-refractivity contribution in [3.8, 4) is 0 Å². The van der Waals surface area contributed by atoms with E-state index in [1.165, 1.54) is 18.2 Å². The Balaban J connectivity index is 1.91. The highest BCUT2D eigenvalue weighted by Crippen LogP contribution is 2.27. The van der Waals surface area contributed by atoms with E-state index in [-0.39, 0.29) is 22.6 Å². The predicted octanol–water partition coefficient (Wildman–Crippen LogP) is 3.83. The van der Waals surface area contributed by atoms with Crippen LogP contribution in [0.15, 0.2) is 42.5 Å². The van der Waals surface area contributed by atoms with Crippen molar-refractivity contribution in [2.75, 3.05) is 0 Å². The number of carbonyl (C=O) groups excluding carboxylic acids is 3. The Hall–Kier alpha value is -2.66. The Morgan fingerprint density at radius 1 is 1.04 bits per heavy atom. The Labute approximate surface area is 143 Å². The van der Waals surface area contributed by atoms with Gasteiger partial charge < -0.3 is 4.84 Å². The van der Waals surface area contributed by atoms with Gasteiger partial charge in [0, 0.05) is 5.02 Å². The summed E-state index contributed by atoms with van der Waals surface area (Å²) in [6.07, 6.45) is 0. The highest BCUT2D eigenvalue weighted by Gasteiger charge is 2.39. The summed E-state index contributed by atoms with van der Waals surface area (Å²) in [6, 6.07) is 11.2. The average molecular weight is 344 g/mol. The monoisotopic (exact) mass is 343 g/mol. The first-order valence-electron chi connectivity index (χ1n) is 7.39. The molecule has 5 nitrogen and oxygen atoms in total. The molecular formula is C18H14ClNO4. The second-order valence-electron chi connectivity index (χ2n) is 5.72. The van der Waals surface area contributed by atoms with Crippen LogP contribution in [0.4, 0.5) is 0 Å². The molecule has 2 amide bonds. The van der Waals surface area contributed by atoms with Crippen LogP contribution in [-0.4, -0.2) is 22.8 Å². The number of benzene rings is 2. The first-order chi connectivity index (χ1) is 11.4. The third-order valence-corrected chi connectivity index (χ3v) is 4.02. The van der Waals surface area contributed by atoms with E-state index < -0.39 is 17.8 Å². The van der Waals surface area contributed by atoms with Gasteiger partial charge in [-0.1, -0.05) is 48.7 Å². The fraction of sp³-hybridized carbons (Fsp3) is 0.167. The van der Waals surface area contributed by atoms with Crippen molar-refractivity contribution in [1.82, 2.24) is 5.06 Å². The van der Waals surface area contributed by atoms with Crippen molar-refractivity contribution >= 4 is 29.4 Å². The van der Waals surface area contributed by atoms with Gasteiger partial charge in [-0.15, -0.1) is 0 Å². The molecule has 2 aromatic rings. The molecule has 0 unspecified atom stereocenters. The van der Waals surface area contributed by atoms with Crippen molar-refractivity contribution in [2.45, 2.75) is 19.8 Å². The molecule has 6 heteroatoms. The van der Waals surface area contributed by atoms with Gasteiger partial charge in [0.15, 0.2) is 0 Å². The zero-order valence-corrected chi connectivity index (χ0v) is 13.8. The molecule has 1 aliphatic heterocycles. The van der Waals surface area contributed by atoms with E-state index in [4.69, 9.17) is 16.4 Å². The van der Waals surface area contributed by atoms with E-state index in [9.17, 15) is 14.4 Å². The van der Waals surface area contributed by atoms with Crippen LogP contribution in [0.25, 0.3) is 0 Å². The normalized spacial score (nSPS) is 13.4. The van der Waals surface area contributed by atoms with Gasteiger partial charge in [0.2, 0.25) is 0 Å². The van der Waals surface area contributed by atoms with Crippen LogP contribution in [0.3, 0.4) is 0 Å². The molecule has 2 aromatic carbocycles. The predicted molar refractivity (Wildman–Crippen MR) is 87.9 cm³/mol. The smallest absolute Gasteiger partial charge is 0.324 e. The topological polar surface area (TPSA) is 63.7 Å². The first kappa shape index (κ1) is 16.2. The lowest BCUT2D eigenvalue weighted by Gasteiger charge is -2.16. The van der Waals surface area contributed by atoms with E-state index in [1.54, 1.807) is 24.3 Å². The van der Waals surface area contributed by atoms with Crippen LogP contribution in [0.1, 0.15) is 56.4 Å². The largest absolute Gasteiger partial charge is 0.364 e. The number of fused-ring (bicyclic) bond motifs is 1. The van der Waals surface area contributed by atoms with Crippen molar-refractivity contribution < 1.29 is 19.2 Å². The number of nitrogens with zero attached hydrogens (tertiary/aromatic N) is 1. The average Bonchev–Trinajstić information content (AvgIpc) is 2.80. The van der Waals surface area contributed by atoms with Gasteiger partial charge in [0.25, 0.3) is 11.8 Å². The summed E-state index contributed by atoms with van der Waals surface area (Å²) in [5.41, 5.74) is 1.38. The standard InChI is InChI=1S/C18H14ClNO4/c1-10(2)12-8-7-11(19)9-15(12)18(23)24-20-16(21)13-5-3-4-6-14(13)17(20)22/h3-10H,1-2H3. The molecule has 3 rings (SSSR count). The number of hydrogen-bond acceptors (Lipinski definition) is 4. The minimum atomic E-state index is -0.796. The summed E-state index contributed by atoms with van der Waals surface area (Å²) in [5.74, 6) is -2.06. The van der Waals surface area contributed by atoms with Crippen LogP contribution in [0.5, 0.6) is 0 Å². The van der Waals surface area contributed by atoms with Crippen LogP contribution in [0, 0.1) is 0 Å². The molecule has 0 fully saturated rings. The number of rotatable bonds is 3. The fourth-order valence-corrected chi connectivity index (χ4v) is 2.76. The molecule has 24 heavy (non-hydrogen) atoms. The molecule has 0 saturated carbocycles. The van der Waals surface area contributed by atoms with E-state index in [1.807, 2.05) is 13.8 Å². The summed E-state index contributed by atoms with van der Waals surface area (Å²) in [6.45, 7) is 3.84. The van der Waals surface area contributed by atoms with Gasteiger partial charge in [0.05, 0.1) is 16.7 Å². The highest BCUT2D eigenvalue weighted by molar-refractivity contribution is 6.31. The minimum absolute atomic E-state index is 0.0481. The molecule has 0 atom stereocenters. The Bertz CT molecular complexity index is 825. The molecule has 0 aromatic heterocycles. The van der Waals surface area contributed by atoms with Gasteiger partial charge in [-0.25, -0.2) is 4.79 Å². The molecule has 0 saturated heterocycles. The Morgan fingerprint density at radius 3 is 2.17 bits per heavy atom. The minimum Gasteiger partial charge on any atom is -0.324 e. The fourth-order valence-electron chi connectivity index (χ4n) is 2.59. The SMILES string of the molecule is CC(C)c1ccc(Cl)cc1C(=O)ON1C(=O)c2ccccc2C1=O. The Kier molecular flexibility index (Phi) is 4.11. The number of halogens is 1. The number of imide groups is 1. The second kappa shape index (κ2) is 6.09. The maximum absolute atomic E-state index is 12.5. The first-order valence-corrected chi connectivity index (χ1v) is 7.77. The summed E-state index contributed by atoms with van der Waals surface area (Å²) >= 11 is 5.96. The number of hydroxylamine groups is 2. The third-order valence-electron chi connectivity index (χ3n) is 3.79. The summed E-state index contributed by atoms with van der Waals surface area (Å²) in [7, 11) is 0. The number of amides is 2. The third kappa shape index (κ3) is 2.67. The molecule has 0 N–H and O–H groups in total. The van der Waals surface area contributed by atoms with E-state index in [2.05, 4.69) is 0 Å². The van der Waals surface area contributed by atoms with Crippen molar-refractivity contribution in [1.29, 1.82) is 0 Å². The van der Waals surface area contributed by atoms with Crippen LogP contribution < -0.4 is 0 Å². The second-order valence-corrected chi connectivity index (χ2v) is 6.15. The van der Waals surface area contributed by atoms with Crippen LogP contribution in [-0.2, 0) is 4.84 Å². The Morgan fingerprint density at radius 2 is 1.62 bits per heavy atom. The van der Waals surface area contributed by atoms with E-state index in [0.29, 0.717) is 10.1 Å². The van der Waals surface area contributed by atoms with Crippen molar-refractivity contribution in [2.24, 2.45) is 0 Å². The molecule has 0 aliphatic carbocycles. The lowest BCUT2D eigenvalue weighted by Crippen LogP contribution is -2.33. The van der Waals surface area contributed by atoms with Gasteiger partial charge in [-0.05, 0) is 35.7 Å². The van der Waals surface area contributed by atoms with Crippen molar-refractivity contribution in [3.05, 3.63) is 69.7 Å².